The minimum absolute atomic E-state index is 0.0470. The third kappa shape index (κ3) is 4.15. The number of phenols is 1. The highest BCUT2D eigenvalue weighted by atomic mass is 32.2. The molecular weight excluding hydrogens is 371 g/mol. The Morgan fingerprint density at radius 2 is 1.62 bits per heavy atom. The molecule has 3 aromatic carbocycles. The van der Waals surface area contributed by atoms with Crippen LogP contribution in [0.1, 0.15) is 0 Å². The van der Waals surface area contributed by atoms with Crippen LogP contribution in [0.15, 0.2) is 71.6 Å². The van der Waals surface area contributed by atoms with Crippen LogP contribution in [0, 0.1) is 0 Å². The van der Waals surface area contributed by atoms with Crippen molar-refractivity contribution in [2.24, 2.45) is 0 Å². The van der Waals surface area contributed by atoms with Gasteiger partial charge in [-0.05, 0) is 24.3 Å². The van der Waals surface area contributed by atoms with Crippen LogP contribution in [0.4, 0.5) is 0 Å². The Bertz CT molecular complexity index is 989. The monoisotopic (exact) mass is 390 g/mol. The number of fused-ring (bicyclic) bond motifs is 1. The van der Waals surface area contributed by atoms with Gasteiger partial charge >= 0.3 is 0 Å². The zero-order valence-corrected chi connectivity index (χ0v) is 15.9. The average molecular weight is 390 g/mol. The first-order valence-corrected chi connectivity index (χ1v) is 10.1. The van der Waals surface area contributed by atoms with Crippen molar-refractivity contribution in [1.82, 2.24) is 0 Å². The summed E-state index contributed by atoms with van der Waals surface area (Å²) in [6.45, 7) is 0.1000. The molecule has 0 amide bonds. The Balaban J connectivity index is 1.82. The molecule has 0 aromatic heterocycles. The molecule has 7 heteroatoms. The van der Waals surface area contributed by atoms with Crippen LogP contribution in [-0.4, -0.2) is 32.0 Å². The van der Waals surface area contributed by atoms with Crippen LogP contribution in [0.5, 0.6) is 11.5 Å². The van der Waals surface area contributed by atoms with Crippen LogP contribution in [0.3, 0.4) is 0 Å². The van der Waals surface area contributed by atoms with Gasteiger partial charge in [0.2, 0.25) is 0 Å². The van der Waals surface area contributed by atoms with Gasteiger partial charge in [-0.2, -0.15) is 0 Å². The molecule has 136 valence electrons. The van der Waals surface area contributed by atoms with Crippen LogP contribution in [0.2, 0.25) is 0 Å². The molecule has 1 N–H and O–H groups in total. The highest BCUT2D eigenvalue weighted by Crippen LogP contribution is 2.30. The number of sulfone groups is 1. The van der Waals surface area contributed by atoms with Gasteiger partial charge in [-0.3, -0.25) is 0 Å². The van der Waals surface area contributed by atoms with Crippen LogP contribution in [0.25, 0.3) is 10.8 Å². The van der Waals surface area contributed by atoms with Gasteiger partial charge < -0.3 is 14.4 Å². The third-order valence-electron chi connectivity index (χ3n) is 3.97. The number of hydrogen-bond donors (Lipinski definition) is 1. The Kier molecular flexibility index (Phi) is 5.77. The van der Waals surface area contributed by atoms with Crippen molar-refractivity contribution in [3.05, 3.63) is 66.7 Å². The first-order valence-electron chi connectivity index (χ1n) is 7.98. The van der Waals surface area contributed by atoms with Gasteiger partial charge in [0.1, 0.15) is 24.2 Å². The summed E-state index contributed by atoms with van der Waals surface area (Å²) in [7, 11) is -1.55. The fourth-order valence-electron chi connectivity index (χ4n) is 2.70. The maximum atomic E-state index is 12.9. The Labute approximate surface area is 154 Å². The Morgan fingerprint density at radius 3 is 2.35 bits per heavy atom. The molecule has 5 nitrogen and oxygen atoms in total. The van der Waals surface area contributed by atoms with Crippen molar-refractivity contribution in [3.8, 4) is 11.5 Å². The van der Waals surface area contributed by atoms with Gasteiger partial charge in [-0.1, -0.05) is 42.5 Å². The maximum absolute atomic E-state index is 12.9. The van der Waals surface area contributed by atoms with Gasteiger partial charge in [0, 0.05) is 20.2 Å². The van der Waals surface area contributed by atoms with Crippen molar-refractivity contribution in [2.75, 3.05) is 12.4 Å². The topological polar surface area (TPSA) is 72.8 Å². The predicted molar refractivity (Wildman–Crippen MR) is 104 cm³/mol. The van der Waals surface area contributed by atoms with E-state index < -0.39 is 15.9 Å². The molecule has 0 spiro atoms. The molecule has 0 radical (unpaired) electrons. The summed E-state index contributed by atoms with van der Waals surface area (Å²) in [6.07, 6.45) is -0.655. The van der Waals surface area contributed by atoms with E-state index >= 15 is 0 Å². The molecule has 0 aliphatic carbocycles. The molecule has 2 atom stereocenters. The van der Waals surface area contributed by atoms with Gasteiger partial charge in [0.05, 0.1) is 10.6 Å². The van der Waals surface area contributed by atoms with E-state index in [-0.39, 0.29) is 23.0 Å². The summed E-state index contributed by atoms with van der Waals surface area (Å²) in [5.41, 5.74) is 0. The summed E-state index contributed by atoms with van der Waals surface area (Å²) < 4.78 is 36.7. The summed E-state index contributed by atoms with van der Waals surface area (Å²) in [5, 5.41) is 10.9. The molecule has 3 rings (SSSR count). The molecule has 3 aromatic rings. The average Bonchev–Trinajstić information content (AvgIpc) is 2.66. The summed E-state index contributed by atoms with van der Waals surface area (Å²) in [6, 6.07) is 18.8. The number of rotatable bonds is 7. The summed E-state index contributed by atoms with van der Waals surface area (Å²) >= 11 is 0. The largest absolute Gasteiger partial charge is 0.507 e. The number of aromatic hydroxyl groups is 1. The molecule has 2 unspecified atom stereocenters. The Morgan fingerprint density at radius 1 is 0.923 bits per heavy atom. The zero-order valence-electron chi connectivity index (χ0n) is 13.9. The van der Waals surface area contributed by atoms with E-state index in [0.717, 1.165) is 0 Å². The van der Waals surface area contributed by atoms with Crippen molar-refractivity contribution < 1.29 is 22.8 Å². The van der Waals surface area contributed by atoms with Crippen molar-refractivity contribution in [3.63, 3.8) is 0 Å². The quantitative estimate of drug-likeness (QED) is 0.625. The van der Waals surface area contributed by atoms with Crippen LogP contribution in [-0.2, 0) is 14.4 Å². The van der Waals surface area contributed by atoms with Crippen LogP contribution < -0.4 is 4.74 Å². The lowest BCUT2D eigenvalue weighted by molar-refractivity contribution is 0.166. The fourth-order valence-corrected chi connectivity index (χ4v) is 4.66. The molecule has 26 heavy (non-hydrogen) atoms. The second-order valence-electron chi connectivity index (χ2n) is 5.79. The number of hydrogen-bond acceptors (Lipinski definition) is 5. The minimum atomic E-state index is -3.65. The normalized spacial score (nSPS) is 12.8. The first-order chi connectivity index (χ1) is 12.5. The van der Waals surface area contributed by atoms with Crippen molar-refractivity contribution >= 4 is 30.1 Å². The van der Waals surface area contributed by atoms with Gasteiger partial charge in [-0.25, -0.2) is 8.42 Å². The molecule has 0 bridgehead atoms. The highest BCUT2D eigenvalue weighted by molar-refractivity contribution is 7.91. The van der Waals surface area contributed by atoms with E-state index in [4.69, 9.17) is 9.26 Å². The highest BCUT2D eigenvalue weighted by Gasteiger charge is 2.24. The standard InChI is InChI=1S/C19H19O5PS/c20-18-10-4-9-17-16(18)8-5-11-19(17)26(21,22)13-15(24-25)12-23-14-6-2-1-3-7-14/h1-11,15,20H,12-13,25H2. The van der Waals surface area contributed by atoms with Gasteiger partial charge in [-0.15, -0.1) is 0 Å². The van der Waals surface area contributed by atoms with Gasteiger partial charge in [0.25, 0.3) is 0 Å². The number of ether oxygens (including phenoxy) is 1. The Hall–Kier alpha value is -2.14. The lowest BCUT2D eigenvalue weighted by Crippen LogP contribution is -2.28. The van der Waals surface area contributed by atoms with Gasteiger partial charge in [0.15, 0.2) is 9.84 Å². The van der Waals surface area contributed by atoms with Crippen molar-refractivity contribution in [1.29, 1.82) is 0 Å². The molecule has 0 aliphatic heterocycles. The van der Waals surface area contributed by atoms with E-state index in [1.807, 2.05) is 18.2 Å². The van der Waals surface area contributed by atoms with Crippen LogP contribution >= 0.6 is 9.47 Å². The second-order valence-corrected chi connectivity index (χ2v) is 8.07. The van der Waals surface area contributed by atoms with E-state index in [9.17, 15) is 13.5 Å². The predicted octanol–water partition coefficient (Wildman–Crippen LogP) is 3.57. The molecule has 0 fully saturated rings. The molecule has 0 aliphatic rings. The first kappa shape index (κ1) is 18.6. The van der Waals surface area contributed by atoms with Crippen molar-refractivity contribution in [2.45, 2.75) is 11.0 Å². The lowest BCUT2D eigenvalue weighted by atomic mass is 10.1. The molecule has 0 saturated heterocycles. The zero-order chi connectivity index (χ0) is 18.6. The van der Waals surface area contributed by atoms with E-state index in [1.165, 1.54) is 12.1 Å². The second kappa shape index (κ2) is 8.04. The molecule has 0 saturated carbocycles. The number of para-hydroxylation sites is 1. The number of phenolic OH excluding ortho intramolecular Hbond substituents is 1. The minimum Gasteiger partial charge on any atom is -0.507 e. The van der Waals surface area contributed by atoms with E-state index in [2.05, 4.69) is 9.47 Å². The van der Waals surface area contributed by atoms with E-state index in [0.29, 0.717) is 16.5 Å². The lowest BCUT2D eigenvalue weighted by Gasteiger charge is -2.17. The summed E-state index contributed by atoms with van der Waals surface area (Å²) in [5.74, 6) is 0.454. The molecule has 0 heterocycles. The molecular formula is C19H19O5PS. The SMILES string of the molecule is O=S(=O)(CC(COc1ccccc1)OP)c1cccc2c(O)cccc12. The smallest absolute Gasteiger partial charge is 0.181 e. The maximum Gasteiger partial charge on any atom is 0.181 e. The van der Waals surface area contributed by atoms with E-state index in [1.54, 1.807) is 36.4 Å². The fraction of sp³-hybridized carbons (Fsp3) is 0.158. The summed E-state index contributed by atoms with van der Waals surface area (Å²) in [4.78, 5) is 0.165. The number of benzene rings is 3. The third-order valence-corrected chi connectivity index (χ3v) is 6.19.